The topological polar surface area (TPSA) is 0 Å². The maximum atomic E-state index is 14.6. The molecule has 4 heteroatoms. The molecule has 2 aromatic carbocycles. The molecule has 0 heterocycles. The molecule has 0 aromatic heterocycles. The SMILES string of the molecule is CCCCCC/C=C/c1ccc(C#Cc2ccc(C3CCC(F)CC3)c(F)c2F)c(F)c1. The molecule has 0 unspecified atom stereocenters. The van der Waals surface area contributed by atoms with E-state index in [-0.39, 0.29) is 22.6 Å². The summed E-state index contributed by atoms with van der Waals surface area (Å²) in [5.41, 5.74) is 1.04. The highest BCUT2D eigenvalue weighted by Crippen LogP contribution is 2.36. The van der Waals surface area contributed by atoms with Gasteiger partial charge < -0.3 is 0 Å². The summed E-state index contributed by atoms with van der Waals surface area (Å²) in [7, 11) is 0. The molecule has 2 aromatic rings. The first-order valence-electron chi connectivity index (χ1n) is 11.6. The Balaban J connectivity index is 1.68. The average Bonchev–Trinajstić information content (AvgIpc) is 2.79. The van der Waals surface area contributed by atoms with Crippen LogP contribution in [0.1, 0.15) is 92.9 Å². The molecule has 0 atom stereocenters. The molecule has 32 heavy (non-hydrogen) atoms. The van der Waals surface area contributed by atoms with Gasteiger partial charge in [0.1, 0.15) is 12.0 Å². The number of alkyl halides is 1. The van der Waals surface area contributed by atoms with Gasteiger partial charge in [-0.25, -0.2) is 17.6 Å². The lowest BCUT2D eigenvalue weighted by atomic mass is 9.82. The van der Waals surface area contributed by atoms with Crippen LogP contribution in [0.15, 0.2) is 36.4 Å². The second-order valence-corrected chi connectivity index (χ2v) is 8.52. The lowest BCUT2D eigenvalue weighted by Crippen LogP contribution is -2.15. The van der Waals surface area contributed by atoms with E-state index in [0.717, 1.165) is 18.4 Å². The van der Waals surface area contributed by atoms with Gasteiger partial charge in [-0.1, -0.05) is 62.3 Å². The van der Waals surface area contributed by atoms with Gasteiger partial charge in [-0.05, 0) is 73.8 Å². The van der Waals surface area contributed by atoms with Crippen LogP contribution < -0.4 is 0 Å². The Hall–Kier alpha value is -2.54. The van der Waals surface area contributed by atoms with Gasteiger partial charge in [0.05, 0.1) is 11.1 Å². The first-order chi connectivity index (χ1) is 15.5. The third-order valence-corrected chi connectivity index (χ3v) is 6.07. The lowest BCUT2D eigenvalue weighted by molar-refractivity contribution is 0.233. The molecule has 1 aliphatic carbocycles. The van der Waals surface area contributed by atoms with E-state index in [2.05, 4.69) is 18.8 Å². The Labute approximate surface area is 188 Å². The van der Waals surface area contributed by atoms with E-state index in [0.29, 0.717) is 25.7 Å². The maximum absolute atomic E-state index is 14.6. The largest absolute Gasteiger partial charge is 0.247 e. The van der Waals surface area contributed by atoms with E-state index in [1.54, 1.807) is 12.1 Å². The van der Waals surface area contributed by atoms with Crippen LogP contribution in [0, 0.1) is 29.3 Å². The predicted molar refractivity (Wildman–Crippen MR) is 123 cm³/mol. The molecule has 3 rings (SSSR count). The van der Waals surface area contributed by atoms with Gasteiger partial charge >= 0.3 is 0 Å². The lowest BCUT2D eigenvalue weighted by Gasteiger charge is -2.25. The summed E-state index contributed by atoms with van der Waals surface area (Å²) in [5, 5.41) is 0. The van der Waals surface area contributed by atoms with Crippen LogP contribution in [0.4, 0.5) is 17.6 Å². The van der Waals surface area contributed by atoms with Gasteiger partial charge in [0.15, 0.2) is 11.6 Å². The monoisotopic (exact) mass is 442 g/mol. The van der Waals surface area contributed by atoms with Crippen LogP contribution in [0.3, 0.4) is 0 Å². The fourth-order valence-corrected chi connectivity index (χ4v) is 4.12. The summed E-state index contributed by atoms with van der Waals surface area (Å²) in [5.74, 6) is 2.54. The van der Waals surface area contributed by atoms with Gasteiger partial charge in [0.2, 0.25) is 0 Å². The standard InChI is InChI=1S/C28H30F4/c1-2-3-4-5-6-7-8-20-9-10-22(26(30)19-20)11-12-23-15-18-25(28(32)27(23)31)21-13-16-24(29)17-14-21/h7-10,15,18-19,21,24H,2-6,13-14,16-17H2,1H3/b8-7+. The molecular formula is C28H30F4. The van der Waals surface area contributed by atoms with Crippen molar-refractivity contribution in [1.82, 2.24) is 0 Å². The Morgan fingerprint density at radius 2 is 1.59 bits per heavy atom. The summed E-state index contributed by atoms with van der Waals surface area (Å²) < 4.78 is 56.9. The normalized spacial score (nSPS) is 18.5. The average molecular weight is 443 g/mol. The second kappa shape index (κ2) is 11.9. The summed E-state index contributed by atoms with van der Waals surface area (Å²) in [4.78, 5) is 0. The minimum Gasteiger partial charge on any atom is -0.247 e. The van der Waals surface area contributed by atoms with E-state index < -0.39 is 23.6 Å². The molecule has 0 nitrogen and oxygen atoms in total. The number of unbranched alkanes of at least 4 members (excludes halogenated alkanes) is 4. The van der Waals surface area contributed by atoms with Crippen molar-refractivity contribution in [1.29, 1.82) is 0 Å². The Morgan fingerprint density at radius 3 is 2.31 bits per heavy atom. The van der Waals surface area contributed by atoms with Crippen LogP contribution in [0.2, 0.25) is 0 Å². The minimum atomic E-state index is -1.03. The number of halogens is 4. The summed E-state index contributed by atoms with van der Waals surface area (Å²) in [6.07, 6.45) is 10.5. The number of hydrogen-bond donors (Lipinski definition) is 0. The highest BCUT2D eigenvalue weighted by molar-refractivity contribution is 5.53. The van der Waals surface area contributed by atoms with Crippen molar-refractivity contribution < 1.29 is 17.6 Å². The fraction of sp³-hybridized carbons (Fsp3) is 0.429. The van der Waals surface area contributed by atoms with Crippen LogP contribution >= 0.6 is 0 Å². The first-order valence-corrected chi connectivity index (χ1v) is 11.6. The van der Waals surface area contributed by atoms with Crippen molar-refractivity contribution in [3.8, 4) is 11.8 Å². The highest BCUT2D eigenvalue weighted by Gasteiger charge is 2.25. The molecule has 0 saturated heterocycles. The van der Waals surface area contributed by atoms with E-state index in [4.69, 9.17) is 0 Å². The maximum Gasteiger partial charge on any atom is 0.174 e. The van der Waals surface area contributed by atoms with Crippen molar-refractivity contribution >= 4 is 6.08 Å². The zero-order chi connectivity index (χ0) is 22.9. The van der Waals surface area contributed by atoms with Crippen molar-refractivity contribution in [2.45, 2.75) is 76.8 Å². The van der Waals surface area contributed by atoms with Crippen LogP contribution in [0.5, 0.6) is 0 Å². The fourth-order valence-electron chi connectivity index (χ4n) is 4.12. The van der Waals surface area contributed by atoms with Gasteiger partial charge in [0, 0.05) is 0 Å². The van der Waals surface area contributed by atoms with Crippen LogP contribution in [-0.2, 0) is 0 Å². The number of allylic oxidation sites excluding steroid dienone is 1. The highest BCUT2D eigenvalue weighted by atomic mass is 19.2. The van der Waals surface area contributed by atoms with Gasteiger partial charge in [-0.3, -0.25) is 0 Å². The Bertz CT molecular complexity index is 988. The molecule has 0 spiro atoms. The van der Waals surface area contributed by atoms with Crippen molar-refractivity contribution in [2.24, 2.45) is 0 Å². The molecule has 1 fully saturated rings. The molecule has 0 radical (unpaired) electrons. The summed E-state index contributed by atoms with van der Waals surface area (Å²) in [6.45, 7) is 2.17. The van der Waals surface area contributed by atoms with E-state index >= 15 is 0 Å². The Morgan fingerprint density at radius 1 is 0.875 bits per heavy atom. The van der Waals surface area contributed by atoms with Crippen LogP contribution in [-0.4, -0.2) is 6.17 Å². The third-order valence-electron chi connectivity index (χ3n) is 6.07. The van der Waals surface area contributed by atoms with E-state index in [9.17, 15) is 17.6 Å². The molecule has 0 bridgehead atoms. The predicted octanol–water partition coefficient (Wildman–Crippen LogP) is 8.48. The first kappa shape index (κ1) is 24.1. The smallest absolute Gasteiger partial charge is 0.174 e. The van der Waals surface area contributed by atoms with Gasteiger partial charge in [-0.2, -0.15) is 0 Å². The minimum absolute atomic E-state index is 0.110. The zero-order valence-corrected chi connectivity index (χ0v) is 18.6. The molecule has 0 amide bonds. The molecule has 170 valence electrons. The zero-order valence-electron chi connectivity index (χ0n) is 18.6. The van der Waals surface area contributed by atoms with E-state index in [1.807, 2.05) is 12.2 Å². The second-order valence-electron chi connectivity index (χ2n) is 8.52. The molecule has 1 aliphatic rings. The van der Waals surface area contributed by atoms with Gasteiger partial charge in [0.25, 0.3) is 0 Å². The van der Waals surface area contributed by atoms with Crippen LogP contribution in [0.25, 0.3) is 6.08 Å². The van der Waals surface area contributed by atoms with Crippen molar-refractivity contribution in [2.75, 3.05) is 0 Å². The molecule has 0 aliphatic heterocycles. The van der Waals surface area contributed by atoms with Crippen molar-refractivity contribution in [3.63, 3.8) is 0 Å². The number of hydrogen-bond acceptors (Lipinski definition) is 0. The van der Waals surface area contributed by atoms with Crippen molar-refractivity contribution in [3.05, 3.63) is 76.1 Å². The molecular weight excluding hydrogens is 412 g/mol. The Kier molecular flexibility index (Phi) is 8.97. The van der Waals surface area contributed by atoms with Gasteiger partial charge in [-0.15, -0.1) is 0 Å². The quantitative estimate of drug-likeness (QED) is 0.229. The molecule has 0 N–H and O–H groups in total. The summed E-state index contributed by atoms with van der Waals surface area (Å²) >= 11 is 0. The third kappa shape index (κ3) is 6.48. The van der Waals surface area contributed by atoms with E-state index in [1.165, 1.54) is 37.5 Å². The summed E-state index contributed by atoms with van der Waals surface area (Å²) in [6, 6.07) is 7.66. The number of rotatable bonds is 7. The number of benzene rings is 2. The molecule has 1 saturated carbocycles.